The zero-order valence-electron chi connectivity index (χ0n) is 14.0. The highest BCUT2D eigenvalue weighted by atomic mass is 16.5. The summed E-state index contributed by atoms with van der Waals surface area (Å²) < 4.78 is 15.7. The number of aliphatic hydroxyl groups excluding tert-OH is 1. The topological polar surface area (TPSA) is 65.0 Å². The minimum absolute atomic E-state index is 0.114. The van der Waals surface area contributed by atoms with Crippen LogP contribution in [0.2, 0.25) is 0 Å². The summed E-state index contributed by atoms with van der Waals surface area (Å²) in [4.78, 5) is 11.5. The van der Waals surface area contributed by atoms with Crippen LogP contribution in [0.3, 0.4) is 0 Å². The van der Waals surface area contributed by atoms with Crippen molar-refractivity contribution in [3.05, 3.63) is 29.8 Å². The Morgan fingerprint density at radius 2 is 1.96 bits per heavy atom. The van der Waals surface area contributed by atoms with Gasteiger partial charge in [-0.15, -0.1) is 0 Å². The van der Waals surface area contributed by atoms with Crippen molar-refractivity contribution in [2.45, 2.75) is 32.5 Å². The Morgan fingerprint density at radius 3 is 2.57 bits per heavy atom. The first-order chi connectivity index (χ1) is 11.0. The van der Waals surface area contributed by atoms with Gasteiger partial charge in [-0.3, -0.25) is 4.79 Å². The van der Waals surface area contributed by atoms with Crippen LogP contribution in [0, 0.1) is 17.8 Å². The molecular weight excluding hydrogens is 296 g/mol. The minimum Gasteiger partial charge on any atom is -0.497 e. The summed E-state index contributed by atoms with van der Waals surface area (Å²) in [5, 5.41) is 10.1. The van der Waals surface area contributed by atoms with Crippen LogP contribution in [-0.4, -0.2) is 38.0 Å². The molecule has 23 heavy (non-hydrogen) atoms. The van der Waals surface area contributed by atoms with Crippen LogP contribution < -0.4 is 4.74 Å². The normalized spacial score (nSPS) is 27.0. The molecule has 1 N–H and O–H groups in total. The van der Waals surface area contributed by atoms with E-state index in [4.69, 9.17) is 14.2 Å². The van der Waals surface area contributed by atoms with Gasteiger partial charge in [0.15, 0.2) is 0 Å². The molecule has 0 aliphatic heterocycles. The molecule has 0 heterocycles. The van der Waals surface area contributed by atoms with Gasteiger partial charge in [-0.25, -0.2) is 0 Å². The van der Waals surface area contributed by atoms with E-state index < -0.39 is 0 Å². The number of esters is 1. The molecule has 0 unspecified atom stereocenters. The number of ether oxygens (including phenoxy) is 3. The molecule has 1 saturated carbocycles. The van der Waals surface area contributed by atoms with E-state index in [-0.39, 0.29) is 29.8 Å². The van der Waals surface area contributed by atoms with Crippen LogP contribution in [-0.2, 0) is 20.9 Å². The van der Waals surface area contributed by atoms with Crippen LogP contribution in [0.25, 0.3) is 0 Å². The number of rotatable bonds is 7. The second kappa shape index (κ2) is 8.31. The first kappa shape index (κ1) is 17.8. The third-order valence-electron chi connectivity index (χ3n) is 4.83. The molecule has 5 heteroatoms. The Labute approximate surface area is 137 Å². The lowest BCUT2D eigenvalue weighted by Crippen LogP contribution is -2.23. The highest BCUT2D eigenvalue weighted by Gasteiger charge is 2.40. The van der Waals surface area contributed by atoms with E-state index in [0.29, 0.717) is 26.1 Å². The Hall–Kier alpha value is -1.59. The van der Waals surface area contributed by atoms with Crippen molar-refractivity contribution in [1.29, 1.82) is 0 Å². The van der Waals surface area contributed by atoms with E-state index in [1.54, 1.807) is 7.11 Å². The van der Waals surface area contributed by atoms with Crippen molar-refractivity contribution < 1.29 is 24.1 Å². The Morgan fingerprint density at radius 1 is 1.26 bits per heavy atom. The van der Waals surface area contributed by atoms with Crippen molar-refractivity contribution in [2.24, 2.45) is 17.8 Å². The maximum Gasteiger partial charge on any atom is 0.305 e. The molecule has 4 atom stereocenters. The first-order valence-electron chi connectivity index (χ1n) is 8.00. The third kappa shape index (κ3) is 4.69. The SMILES string of the molecule is COC(=O)C[C@H]1C[C@H](O)[C@H](C)[C@H]1COCc1ccc(OC)cc1. The molecule has 2 rings (SSSR count). The molecule has 1 aliphatic carbocycles. The lowest BCUT2D eigenvalue weighted by atomic mass is 9.89. The highest BCUT2D eigenvalue weighted by Crippen LogP contribution is 2.39. The predicted octanol–water partition coefficient (Wildman–Crippen LogP) is 2.41. The van der Waals surface area contributed by atoms with E-state index in [9.17, 15) is 9.90 Å². The standard InChI is InChI=1S/C18H26O5/c1-12-16(14(8-17(12)19)9-18(20)22-3)11-23-10-13-4-6-15(21-2)7-5-13/h4-7,12,14,16-17,19H,8-11H2,1-3H3/t12-,14-,16-,17+/m1/s1. The number of hydrogen-bond donors (Lipinski definition) is 1. The van der Waals surface area contributed by atoms with Crippen molar-refractivity contribution in [1.82, 2.24) is 0 Å². The maximum absolute atomic E-state index is 11.5. The lowest BCUT2D eigenvalue weighted by molar-refractivity contribution is -0.142. The van der Waals surface area contributed by atoms with Crippen molar-refractivity contribution in [2.75, 3.05) is 20.8 Å². The smallest absolute Gasteiger partial charge is 0.305 e. The summed E-state index contributed by atoms with van der Waals surface area (Å²) >= 11 is 0. The van der Waals surface area contributed by atoms with Crippen LogP contribution in [0.4, 0.5) is 0 Å². The fourth-order valence-electron chi connectivity index (χ4n) is 3.27. The average molecular weight is 322 g/mol. The number of methoxy groups -OCH3 is 2. The largest absolute Gasteiger partial charge is 0.497 e. The number of benzene rings is 1. The predicted molar refractivity (Wildman–Crippen MR) is 86.1 cm³/mol. The van der Waals surface area contributed by atoms with Crippen molar-refractivity contribution in [3.63, 3.8) is 0 Å². The molecule has 0 saturated heterocycles. The summed E-state index contributed by atoms with van der Waals surface area (Å²) in [6.07, 6.45) is 0.598. The van der Waals surface area contributed by atoms with Crippen LogP contribution >= 0.6 is 0 Å². The molecule has 1 aromatic rings. The zero-order valence-corrected chi connectivity index (χ0v) is 14.0. The van der Waals surface area contributed by atoms with Crippen LogP contribution in [0.15, 0.2) is 24.3 Å². The monoisotopic (exact) mass is 322 g/mol. The molecule has 0 bridgehead atoms. The maximum atomic E-state index is 11.5. The Kier molecular flexibility index (Phi) is 6.42. The molecule has 1 aromatic carbocycles. The summed E-state index contributed by atoms with van der Waals surface area (Å²) in [7, 11) is 3.03. The summed E-state index contributed by atoms with van der Waals surface area (Å²) in [5.74, 6) is 1.00. The van der Waals surface area contributed by atoms with Crippen LogP contribution in [0.5, 0.6) is 5.75 Å². The fraction of sp³-hybridized carbons (Fsp3) is 0.611. The molecule has 0 spiro atoms. The van der Waals surface area contributed by atoms with Gasteiger partial charge in [0.1, 0.15) is 5.75 Å². The summed E-state index contributed by atoms with van der Waals surface area (Å²) in [6.45, 7) is 3.06. The quantitative estimate of drug-likeness (QED) is 0.781. The third-order valence-corrected chi connectivity index (χ3v) is 4.83. The van der Waals surface area contributed by atoms with Gasteiger partial charge in [0.2, 0.25) is 0 Å². The van der Waals surface area contributed by atoms with Gasteiger partial charge in [0.05, 0.1) is 33.5 Å². The molecule has 1 fully saturated rings. The van der Waals surface area contributed by atoms with E-state index in [0.717, 1.165) is 11.3 Å². The van der Waals surface area contributed by atoms with Gasteiger partial charge in [-0.1, -0.05) is 19.1 Å². The molecule has 0 radical (unpaired) electrons. The van der Waals surface area contributed by atoms with Gasteiger partial charge in [0, 0.05) is 6.42 Å². The van der Waals surface area contributed by atoms with E-state index in [1.807, 2.05) is 31.2 Å². The summed E-state index contributed by atoms with van der Waals surface area (Å²) in [6, 6.07) is 7.75. The summed E-state index contributed by atoms with van der Waals surface area (Å²) in [5.41, 5.74) is 1.07. The van der Waals surface area contributed by atoms with E-state index in [2.05, 4.69) is 0 Å². The number of aliphatic hydroxyl groups is 1. The van der Waals surface area contributed by atoms with Gasteiger partial charge < -0.3 is 19.3 Å². The number of hydrogen-bond acceptors (Lipinski definition) is 5. The van der Waals surface area contributed by atoms with Gasteiger partial charge in [-0.05, 0) is 41.9 Å². The molecule has 128 valence electrons. The Balaban J connectivity index is 1.87. The molecule has 1 aliphatic rings. The fourth-order valence-corrected chi connectivity index (χ4v) is 3.27. The van der Waals surface area contributed by atoms with Crippen molar-refractivity contribution >= 4 is 5.97 Å². The molecular formula is C18H26O5. The Bertz CT molecular complexity index is 499. The van der Waals surface area contributed by atoms with Gasteiger partial charge in [0.25, 0.3) is 0 Å². The van der Waals surface area contributed by atoms with E-state index >= 15 is 0 Å². The number of carbonyl (C=O) groups is 1. The second-order valence-electron chi connectivity index (χ2n) is 6.23. The van der Waals surface area contributed by atoms with Gasteiger partial charge >= 0.3 is 5.97 Å². The second-order valence-corrected chi connectivity index (χ2v) is 6.23. The zero-order chi connectivity index (χ0) is 16.8. The highest BCUT2D eigenvalue weighted by molar-refractivity contribution is 5.69. The molecule has 5 nitrogen and oxygen atoms in total. The average Bonchev–Trinajstić information content (AvgIpc) is 2.82. The molecule has 0 aromatic heterocycles. The van der Waals surface area contributed by atoms with Crippen molar-refractivity contribution in [3.8, 4) is 5.75 Å². The number of carbonyl (C=O) groups excluding carboxylic acids is 1. The van der Waals surface area contributed by atoms with E-state index in [1.165, 1.54) is 7.11 Å². The van der Waals surface area contributed by atoms with Gasteiger partial charge in [-0.2, -0.15) is 0 Å². The minimum atomic E-state index is -0.376. The first-order valence-corrected chi connectivity index (χ1v) is 8.00. The van der Waals surface area contributed by atoms with Crippen LogP contribution in [0.1, 0.15) is 25.3 Å². The molecule has 0 amide bonds. The lowest BCUT2D eigenvalue weighted by Gasteiger charge is -2.22.